The maximum Gasteiger partial charge on any atom is 0.236 e. The van der Waals surface area contributed by atoms with Crippen molar-refractivity contribution in [1.29, 1.82) is 0 Å². The Balaban J connectivity index is 2.00. The van der Waals surface area contributed by atoms with Gasteiger partial charge in [-0.05, 0) is 25.0 Å². The van der Waals surface area contributed by atoms with Crippen molar-refractivity contribution in [3.63, 3.8) is 0 Å². The third kappa shape index (κ3) is 3.38. The van der Waals surface area contributed by atoms with Crippen LogP contribution in [-0.4, -0.2) is 43.7 Å². The molecule has 0 saturated carbocycles. The fourth-order valence-corrected chi connectivity index (χ4v) is 2.29. The molecular weight excluding hydrogens is 244 g/mol. The zero-order valence-electron chi connectivity index (χ0n) is 11.2. The molecular formula is C14H20N2O3. The number of benzene rings is 1. The minimum atomic E-state index is -0.0201. The van der Waals surface area contributed by atoms with Crippen LogP contribution < -0.4 is 15.2 Å². The molecule has 0 bridgehead atoms. The number of methoxy groups -OCH3 is 1. The molecule has 1 saturated heterocycles. The minimum absolute atomic E-state index is 0.000509. The predicted octanol–water partition coefficient (Wildman–Crippen LogP) is 1.02. The van der Waals surface area contributed by atoms with Crippen molar-refractivity contribution in [3.05, 3.63) is 24.3 Å². The van der Waals surface area contributed by atoms with Crippen molar-refractivity contribution in [1.82, 2.24) is 4.90 Å². The van der Waals surface area contributed by atoms with Crippen LogP contribution in [0, 0.1) is 0 Å². The van der Waals surface area contributed by atoms with Gasteiger partial charge in [0.05, 0.1) is 20.2 Å². The Morgan fingerprint density at radius 3 is 2.84 bits per heavy atom. The lowest BCUT2D eigenvalue weighted by Gasteiger charge is -2.32. The van der Waals surface area contributed by atoms with Gasteiger partial charge in [-0.1, -0.05) is 12.1 Å². The van der Waals surface area contributed by atoms with E-state index in [4.69, 9.17) is 15.2 Å². The van der Waals surface area contributed by atoms with E-state index in [9.17, 15) is 4.79 Å². The molecule has 1 fully saturated rings. The third-order valence-electron chi connectivity index (χ3n) is 3.27. The van der Waals surface area contributed by atoms with Crippen molar-refractivity contribution in [3.8, 4) is 11.5 Å². The summed E-state index contributed by atoms with van der Waals surface area (Å²) in [5, 5.41) is 0. The first-order chi connectivity index (χ1) is 9.24. The number of para-hydroxylation sites is 2. The van der Waals surface area contributed by atoms with E-state index < -0.39 is 0 Å². The van der Waals surface area contributed by atoms with Gasteiger partial charge in [-0.3, -0.25) is 4.79 Å². The van der Waals surface area contributed by atoms with E-state index in [1.165, 1.54) is 0 Å². The van der Waals surface area contributed by atoms with Crippen molar-refractivity contribution >= 4 is 5.91 Å². The summed E-state index contributed by atoms with van der Waals surface area (Å²) in [6.07, 6.45) is 1.87. The van der Waals surface area contributed by atoms with Gasteiger partial charge in [0.15, 0.2) is 11.5 Å². The Hall–Kier alpha value is -1.75. The van der Waals surface area contributed by atoms with Gasteiger partial charge in [-0.25, -0.2) is 0 Å². The first-order valence-electron chi connectivity index (χ1n) is 6.52. The standard InChI is InChI=1S/C14H20N2O3/c1-18-12-6-2-3-7-13(12)19-11-5-4-8-16(10-11)14(17)9-15/h2-3,6-7,11H,4-5,8-10,15H2,1H3. The molecule has 1 aliphatic heterocycles. The number of likely N-dealkylation sites (tertiary alicyclic amines) is 1. The topological polar surface area (TPSA) is 64.8 Å². The molecule has 1 atom stereocenters. The lowest BCUT2D eigenvalue weighted by molar-refractivity contribution is -0.132. The molecule has 1 aromatic carbocycles. The van der Waals surface area contributed by atoms with Gasteiger partial charge < -0.3 is 20.1 Å². The number of carbonyl (C=O) groups excluding carboxylic acids is 1. The Labute approximate surface area is 113 Å². The summed E-state index contributed by atoms with van der Waals surface area (Å²) < 4.78 is 11.2. The van der Waals surface area contributed by atoms with Gasteiger partial charge in [-0.2, -0.15) is 0 Å². The van der Waals surface area contributed by atoms with Crippen LogP contribution in [-0.2, 0) is 4.79 Å². The minimum Gasteiger partial charge on any atom is -0.493 e. The summed E-state index contributed by atoms with van der Waals surface area (Å²) in [6.45, 7) is 1.41. The fourth-order valence-electron chi connectivity index (χ4n) is 2.29. The Morgan fingerprint density at radius 2 is 2.16 bits per heavy atom. The highest BCUT2D eigenvalue weighted by Crippen LogP contribution is 2.28. The van der Waals surface area contributed by atoms with E-state index in [-0.39, 0.29) is 18.6 Å². The van der Waals surface area contributed by atoms with Crippen LogP contribution in [0.25, 0.3) is 0 Å². The molecule has 0 radical (unpaired) electrons. The zero-order chi connectivity index (χ0) is 13.7. The number of nitrogens with zero attached hydrogens (tertiary/aromatic N) is 1. The smallest absolute Gasteiger partial charge is 0.236 e. The van der Waals surface area contributed by atoms with E-state index in [0.29, 0.717) is 12.3 Å². The second-order valence-electron chi connectivity index (χ2n) is 4.58. The molecule has 0 aliphatic carbocycles. The number of rotatable bonds is 4. The van der Waals surface area contributed by atoms with Crippen LogP contribution in [0.1, 0.15) is 12.8 Å². The lowest BCUT2D eigenvalue weighted by Crippen LogP contribution is -2.46. The van der Waals surface area contributed by atoms with Gasteiger partial charge in [0, 0.05) is 6.54 Å². The van der Waals surface area contributed by atoms with Gasteiger partial charge in [0.1, 0.15) is 6.10 Å². The van der Waals surface area contributed by atoms with Crippen LogP contribution in [0.4, 0.5) is 0 Å². The summed E-state index contributed by atoms with van der Waals surface area (Å²) in [5.41, 5.74) is 5.39. The lowest BCUT2D eigenvalue weighted by atomic mass is 10.1. The van der Waals surface area contributed by atoms with Crippen LogP contribution in [0.2, 0.25) is 0 Å². The normalized spacial score (nSPS) is 19.1. The number of piperidine rings is 1. The SMILES string of the molecule is COc1ccccc1OC1CCCN(C(=O)CN)C1. The van der Waals surface area contributed by atoms with Gasteiger partial charge >= 0.3 is 0 Å². The highest BCUT2D eigenvalue weighted by molar-refractivity contribution is 5.78. The van der Waals surface area contributed by atoms with Gasteiger partial charge in [0.25, 0.3) is 0 Å². The summed E-state index contributed by atoms with van der Waals surface area (Å²) in [4.78, 5) is 13.4. The maximum atomic E-state index is 11.6. The number of hydrogen-bond acceptors (Lipinski definition) is 4. The van der Waals surface area contributed by atoms with E-state index in [1.807, 2.05) is 24.3 Å². The number of nitrogens with two attached hydrogens (primary N) is 1. The van der Waals surface area contributed by atoms with Gasteiger partial charge in [0.2, 0.25) is 5.91 Å². The van der Waals surface area contributed by atoms with Crippen LogP contribution in [0.15, 0.2) is 24.3 Å². The van der Waals surface area contributed by atoms with Crippen molar-refractivity contribution < 1.29 is 14.3 Å². The van der Waals surface area contributed by atoms with Crippen molar-refractivity contribution in [2.24, 2.45) is 5.73 Å². The summed E-state index contributed by atoms with van der Waals surface area (Å²) in [6, 6.07) is 7.55. The summed E-state index contributed by atoms with van der Waals surface area (Å²) >= 11 is 0. The number of carbonyl (C=O) groups is 1. The highest BCUT2D eigenvalue weighted by Gasteiger charge is 2.24. The van der Waals surface area contributed by atoms with Gasteiger partial charge in [-0.15, -0.1) is 0 Å². The molecule has 1 aliphatic rings. The van der Waals surface area contributed by atoms with E-state index in [2.05, 4.69) is 0 Å². The fraction of sp³-hybridized carbons (Fsp3) is 0.500. The maximum absolute atomic E-state index is 11.6. The summed E-state index contributed by atoms with van der Waals surface area (Å²) in [5.74, 6) is 1.41. The first-order valence-corrected chi connectivity index (χ1v) is 6.52. The molecule has 1 heterocycles. The molecule has 5 nitrogen and oxygen atoms in total. The Kier molecular flexibility index (Phi) is 4.63. The monoisotopic (exact) mass is 264 g/mol. The third-order valence-corrected chi connectivity index (χ3v) is 3.27. The summed E-state index contributed by atoms with van der Waals surface area (Å²) in [7, 11) is 1.62. The van der Waals surface area contributed by atoms with Crippen LogP contribution >= 0.6 is 0 Å². The molecule has 19 heavy (non-hydrogen) atoms. The average molecular weight is 264 g/mol. The largest absolute Gasteiger partial charge is 0.493 e. The molecule has 2 rings (SSSR count). The molecule has 1 amide bonds. The van der Waals surface area contributed by atoms with Crippen molar-refractivity contribution in [2.45, 2.75) is 18.9 Å². The Morgan fingerprint density at radius 1 is 1.42 bits per heavy atom. The molecule has 104 valence electrons. The van der Waals surface area contributed by atoms with E-state index in [0.717, 1.165) is 25.1 Å². The van der Waals surface area contributed by atoms with E-state index >= 15 is 0 Å². The van der Waals surface area contributed by atoms with Crippen molar-refractivity contribution in [2.75, 3.05) is 26.7 Å². The van der Waals surface area contributed by atoms with Crippen LogP contribution in [0.3, 0.4) is 0 Å². The predicted molar refractivity (Wildman–Crippen MR) is 72.3 cm³/mol. The van der Waals surface area contributed by atoms with E-state index in [1.54, 1.807) is 12.0 Å². The molecule has 1 aromatic rings. The second-order valence-corrected chi connectivity index (χ2v) is 4.58. The molecule has 1 unspecified atom stereocenters. The molecule has 2 N–H and O–H groups in total. The molecule has 0 aromatic heterocycles. The number of hydrogen-bond donors (Lipinski definition) is 1. The number of ether oxygens (including phenoxy) is 2. The molecule has 0 spiro atoms. The first kappa shape index (κ1) is 13.7. The average Bonchev–Trinajstić information content (AvgIpc) is 2.47. The molecule has 5 heteroatoms. The van der Waals surface area contributed by atoms with Crippen LogP contribution in [0.5, 0.6) is 11.5 Å². The quantitative estimate of drug-likeness (QED) is 0.882. The Bertz CT molecular complexity index is 436. The number of amides is 1. The zero-order valence-corrected chi connectivity index (χ0v) is 11.2. The second kappa shape index (κ2) is 6.43. The highest BCUT2D eigenvalue weighted by atomic mass is 16.5.